The molecule has 0 radical (unpaired) electrons. The van der Waals surface area contributed by atoms with Crippen LogP contribution in [-0.2, 0) is 0 Å². The second-order valence-corrected chi connectivity index (χ2v) is 3.93. The van der Waals surface area contributed by atoms with Crippen molar-refractivity contribution < 1.29 is 19.2 Å². The lowest BCUT2D eigenvalue weighted by atomic mass is 10.2. The van der Waals surface area contributed by atoms with E-state index in [1.807, 2.05) is 0 Å². The molecule has 2 N–H and O–H groups in total. The number of anilines is 2. The molecule has 0 aromatic heterocycles. The molecular formula is C13H9FN2O4. The molecule has 0 saturated carbocycles. The van der Waals surface area contributed by atoms with Crippen molar-refractivity contribution in [2.24, 2.45) is 0 Å². The van der Waals surface area contributed by atoms with Gasteiger partial charge >= 0.3 is 5.97 Å². The van der Waals surface area contributed by atoms with Gasteiger partial charge in [-0.25, -0.2) is 9.18 Å². The van der Waals surface area contributed by atoms with Gasteiger partial charge in [-0.2, -0.15) is 0 Å². The van der Waals surface area contributed by atoms with Crippen molar-refractivity contribution in [3.63, 3.8) is 0 Å². The topological polar surface area (TPSA) is 92.5 Å². The maximum absolute atomic E-state index is 13.2. The molecule has 2 aromatic carbocycles. The lowest BCUT2D eigenvalue weighted by Gasteiger charge is -2.08. The number of aromatic carboxylic acids is 1. The quantitative estimate of drug-likeness (QED) is 0.660. The minimum absolute atomic E-state index is 0.0223. The fourth-order valence-electron chi connectivity index (χ4n) is 1.65. The summed E-state index contributed by atoms with van der Waals surface area (Å²) in [6, 6.07) is 8.70. The molecule has 0 aliphatic heterocycles. The molecule has 20 heavy (non-hydrogen) atoms. The lowest BCUT2D eigenvalue weighted by molar-refractivity contribution is -0.384. The first-order chi connectivity index (χ1) is 9.47. The molecular weight excluding hydrogens is 267 g/mol. The van der Waals surface area contributed by atoms with E-state index in [1.54, 1.807) is 0 Å². The predicted octanol–water partition coefficient (Wildman–Crippen LogP) is 3.18. The van der Waals surface area contributed by atoms with Crippen LogP contribution < -0.4 is 5.32 Å². The Balaban J connectivity index is 2.39. The first-order valence-corrected chi connectivity index (χ1v) is 5.51. The number of nitro benzene ring substituents is 1. The summed E-state index contributed by atoms with van der Waals surface area (Å²) in [5.74, 6) is -1.75. The first kappa shape index (κ1) is 13.5. The van der Waals surface area contributed by atoms with Crippen LogP contribution in [0.2, 0.25) is 0 Å². The molecule has 6 nitrogen and oxygen atoms in total. The van der Waals surface area contributed by atoms with Crippen molar-refractivity contribution in [1.29, 1.82) is 0 Å². The monoisotopic (exact) mass is 276 g/mol. The second-order valence-electron chi connectivity index (χ2n) is 3.93. The number of carbonyl (C=O) groups is 1. The number of benzene rings is 2. The Morgan fingerprint density at radius 2 is 2.00 bits per heavy atom. The molecule has 0 saturated heterocycles. The van der Waals surface area contributed by atoms with E-state index in [0.717, 1.165) is 18.2 Å². The van der Waals surface area contributed by atoms with Gasteiger partial charge in [0.25, 0.3) is 5.69 Å². The van der Waals surface area contributed by atoms with Crippen molar-refractivity contribution in [3.05, 3.63) is 64.0 Å². The van der Waals surface area contributed by atoms with Crippen LogP contribution in [0.25, 0.3) is 0 Å². The van der Waals surface area contributed by atoms with E-state index < -0.39 is 16.7 Å². The highest BCUT2D eigenvalue weighted by atomic mass is 19.1. The molecule has 0 heterocycles. The molecule has 0 amide bonds. The standard InChI is InChI=1S/C13H9FN2O4/c14-9-4-5-12(16(19)20)11(7-9)15-10-3-1-2-8(6-10)13(17)18/h1-7,15H,(H,17,18). The van der Waals surface area contributed by atoms with Crippen LogP contribution >= 0.6 is 0 Å². The minimum atomic E-state index is -1.12. The number of halogens is 1. The summed E-state index contributed by atoms with van der Waals surface area (Å²) in [6.45, 7) is 0. The normalized spacial score (nSPS) is 10.1. The van der Waals surface area contributed by atoms with E-state index in [4.69, 9.17) is 5.11 Å². The predicted molar refractivity (Wildman–Crippen MR) is 69.7 cm³/mol. The Bertz CT molecular complexity index is 688. The van der Waals surface area contributed by atoms with Crippen molar-refractivity contribution in [3.8, 4) is 0 Å². The van der Waals surface area contributed by atoms with Crippen LogP contribution in [-0.4, -0.2) is 16.0 Å². The zero-order valence-electron chi connectivity index (χ0n) is 10.0. The van der Waals surface area contributed by atoms with E-state index in [2.05, 4.69) is 5.32 Å². The second kappa shape index (κ2) is 5.35. The summed E-state index contributed by atoms with van der Waals surface area (Å²) < 4.78 is 13.2. The van der Waals surface area contributed by atoms with E-state index in [0.29, 0.717) is 5.69 Å². The van der Waals surface area contributed by atoms with Crippen LogP contribution in [0.4, 0.5) is 21.5 Å². The molecule has 102 valence electrons. The zero-order valence-corrected chi connectivity index (χ0v) is 10.0. The average Bonchev–Trinajstić information content (AvgIpc) is 2.38. The molecule has 7 heteroatoms. The van der Waals surface area contributed by atoms with E-state index in [1.165, 1.54) is 24.3 Å². The van der Waals surface area contributed by atoms with Gasteiger partial charge in [-0.3, -0.25) is 10.1 Å². The zero-order chi connectivity index (χ0) is 14.7. The first-order valence-electron chi connectivity index (χ1n) is 5.51. The van der Waals surface area contributed by atoms with Crippen molar-refractivity contribution in [1.82, 2.24) is 0 Å². The average molecular weight is 276 g/mol. The van der Waals surface area contributed by atoms with Gasteiger partial charge in [0.05, 0.1) is 10.5 Å². The number of carboxylic acids is 1. The molecule has 0 unspecified atom stereocenters. The number of nitrogens with zero attached hydrogens (tertiary/aromatic N) is 1. The van der Waals surface area contributed by atoms with Gasteiger partial charge in [0, 0.05) is 17.8 Å². The summed E-state index contributed by atoms with van der Waals surface area (Å²) >= 11 is 0. The van der Waals surface area contributed by atoms with Crippen molar-refractivity contribution in [2.75, 3.05) is 5.32 Å². The van der Waals surface area contributed by atoms with Gasteiger partial charge in [-0.1, -0.05) is 6.07 Å². The molecule has 2 aromatic rings. The van der Waals surface area contributed by atoms with Crippen LogP contribution in [0.5, 0.6) is 0 Å². The Hall–Kier alpha value is -2.96. The van der Waals surface area contributed by atoms with E-state index in [-0.39, 0.29) is 16.9 Å². The van der Waals surface area contributed by atoms with Crippen LogP contribution in [0, 0.1) is 15.9 Å². The summed E-state index contributed by atoms with van der Waals surface area (Å²) in [6.07, 6.45) is 0. The third-order valence-electron chi connectivity index (χ3n) is 2.54. The third-order valence-corrected chi connectivity index (χ3v) is 2.54. The molecule has 0 aliphatic rings. The maximum Gasteiger partial charge on any atom is 0.335 e. The van der Waals surface area contributed by atoms with Gasteiger partial charge in [-0.05, 0) is 24.3 Å². The molecule has 0 atom stereocenters. The highest BCUT2D eigenvalue weighted by Gasteiger charge is 2.15. The van der Waals surface area contributed by atoms with E-state index >= 15 is 0 Å². The smallest absolute Gasteiger partial charge is 0.335 e. The number of hydrogen-bond donors (Lipinski definition) is 2. The number of nitro groups is 1. The van der Waals surface area contributed by atoms with E-state index in [9.17, 15) is 19.3 Å². The number of carboxylic acid groups (broad SMARTS) is 1. The summed E-state index contributed by atoms with van der Waals surface area (Å²) in [4.78, 5) is 21.0. The largest absolute Gasteiger partial charge is 0.478 e. The minimum Gasteiger partial charge on any atom is -0.478 e. The summed E-state index contributed by atoms with van der Waals surface area (Å²) in [7, 11) is 0. The fraction of sp³-hybridized carbons (Fsp3) is 0. The van der Waals surface area contributed by atoms with Gasteiger partial charge in [0.15, 0.2) is 0 Å². The van der Waals surface area contributed by atoms with Gasteiger partial charge in [-0.15, -0.1) is 0 Å². The molecule has 0 spiro atoms. The lowest BCUT2D eigenvalue weighted by Crippen LogP contribution is -2.00. The highest BCUT2D eigenvalue weighted by Crippen LogP contribution is 2.28. The Morgan fingerprint density at radius 3 is 2.65 bits per heavy atom. The van der Waals surface area contributed by atoms with Crippen molar-refractivity contribution >= 4 is 23.0 Å². The number of hydrogen-bond acceptors (Lipinski definition) is 4. The Kier molecular flexibility index (Phi) is 3.60. The highest BCUT2D eigenvalue weighted by molar-refractivity contribution is 5.89. The van der Waals surface area contributed by atoms with Gasteiger partial charge < -0.3 is 10.4 Å². The summed E-state index contributed by atoms with van der Waals surface area (Å²) in [5, 5.41) is 22.4. The van der Waals surface area contributed by atoms with Gasteiger partial charge in [0.1, 0.15) is 11.5 Å². The van der Waals surface area contributed by atoms with Gasteiger partial charge in [0.2, 0.25) is 0 Å². The number of nitrogens with one attached hydrogen (secondary N) is 1. The number of rotatable bonds is 4. The van der Waals surface area contributed by atoms with Crippen LogP contribution in [0.15, 0.2) is 42.5 Å². The Morgan fingerprint density at radius 1 is 1.25 bits per heavy atom. The third kappa shape index (κ3) is 2.89. The molecule has 2 rings (SSSR count). The Labute approximate surface area is 112 Å². The van der Waals surface area contributed by atoms with Crippen LogP contribution in [0.3, 0.4) is 0 Å². The molecule has 0 bridgehead atoms. The van der Waals surface area contributed by atoms with Crippen molar-refractivity contribution in [2.45, 2.75) is 0 Å². The molecule has 0 fully saturated rings. The molecule has 0 aliphatic carbocycles. The maximum atomic E-state index is 13.2. The summed E-state index contributed by atoms with van der Waals surface area (Å²) in [5.41, 5.74) is -0.00248. The SMILES string of the molecule is O=C(O)c1cccc(Nc2cc(F)ccc2[N+](=O)[O-])c1. The fourth-order valence-corrected chi connectivity index (χ4v) is 1.65. The van der Waals surface area contributed by atoms with Crippen LogP contribution in [0.1, 0.15) is 10.4 Å².